The Bertz CT molecular complexity index is 591. The van der Waals surface area contributed by atoms with Crippen molar-refractivity contribution in [2.24, 2.45) is 0 Å². The molecule has 2 atom stereocenters. The first-order valence-corrected chi connectivity index (χ1v) is 12.6. The van der Waals surface area contributed by atoms with E-state index in [0.29, 0.717) is 0 Å². The van der Waals surface area contributed by atoms with E-state index in [1.54, 1.807) is 0 Å². The summed E-state index contributed by atoms with van der Waals surface area (Å²) in [4.78, 5) is 0. The minimum atomic E-state index is -3.54. The fraction of sp³-hybridized carbons (Fsp3) is 0.647. The molecular weight excluding hydrogens is 328 g/mol. The van der Waals surface area contributed by atoms with E-state index in [-0.39, 0.29) is 17.6 Å². The van der Waals surface area contributed by atoms with Gasteiger partial charge in [-0.05, 0) is 23.7 Å². The van der Waals surface area contributed by atoms with E-state index < -0.39 is 24.5 Å². The second-order valence-electron chi connectivity index (χ2n) is 7.61. The standard InChI is InChI=1S/C17H30O4SSi/c1-14(15-11-9-8-10-12-15)16(21-22(5,18)19)13-20-23(6,7)17(2,3)4/h8-12,14,16H,13H2,1-7H3/t14-,16-/m1/s1. The van der Waals surface area contributed by atoms with Gasteiger partial charge in [0.25, 0.3) is 10.1 Å². The van der Waals surface area contributed by atoms with Crippen molar-refractivity contribution in [2.45, 2.75) is 57.8 Å². The first-order valence-electron chi connectivity index (χ1n) is 7.91. The van der Waals surface area contributed by atoms with Crippen LogP contribution in [0.3, 0.4) is 0 Å². The molecule has 0 aliphatic rings. The van der Waals surface area contributed by atoms with E-state index >= 15 is 0 Å². The summed E-state index contributed by atoms with van der Waals surface area (Å²) < 4.78 is 34.8. The highest BCUT2D eigenvalue weighted by Gasteiger charge is 2.38. The summed E-state index contributed by atoms with van der Waals surface area (Å²) in [5.74, 6) is -0.0734. The van der Waals surface area contributed by atoms with Gasteiger partial charge in [-0.25, -0.2) is 0 Å². The maximum Gasteiger partial charge on any atom is 0.264 e. The molecule has 6 heteroatoms. The molecule has 0 radical (unpaired) electrons. The molecule has 0 saturated carbocycles. The summed E-state index contributed by atoms with van der Waals surface area (Å²) >= 11 is 0. The fourth-order valence-corrected chi connectivity index (χ4v) is 3.64. The summed E-state index contributed by atoms with van der Waals surface area (Å²) in [5, 5.41) is 0.0681. The maximum absolute atomic E-state index is 11.6. The van der Waals surface area contributed by atoms with Gasteiger partial charge in [0.2, 0.25) is 0 Å². The third-order valence-electron chi connectivity index (χ3n) is 4.60. The Hall–Kier alpha value is -0.693. The molecule has 4 nitrogen and oxygen atoms in total. The summed E-state index contributed by atoms with van der Waals surface area (Å²) in [6, 6.07) is 9.79. The van der Waals surface area contributed by atoms with Crippen molar-refractivity contribution in [3.63, 3.8) is 0 Å². The van der Waals surface area contributed by atoms with E-state index in [1.165, 1.54) is 0 Å². The van der Waals surface area contributed by atoms with Gasteiger partial charge in [0, 0.05) is 5.92 Å². The lowest BCUT2D eigenvalue weighted by Crippen LogP contribution is -2.44. The minimum Gasteiger partial charge on any atom is -0.414 e. The van der Waals surface area contributed by atoms with Crippen molar-refractivity contribution in [1.82, 2.24) is 0 Å². The predicted octanol–water partition coefficient (Wildman–Crippen LogP) is 4.16. The van der Waals surface area contributed by atoms with Crippen molar-refractivity contribution in [3.8, 4) is 0 Å². The normalized spacial score (nSPS) is 16.1. The van der Waals surface area contributed by atoms with Crippen LogP contribution in [0.1, 0.15) is 39.2 Å². The summed E-state index contributed by atoms with van der Waals surface area (Å²) in [7, 11) is -5.51. The Kier molecular flexibility index (Phi) is 6.61. The molecule has 0 N–H and O–H groups in total. The molecule has 0 fully saturated rings. The van der Waals surface area contributed by atoms with Gasteiger partial charge in [-0.15, -0.1) is 0 Å². The van der Waals surface area contributed by atoms with Crippen molar-refractivity contribution in [1.29, 1.82) is 0 Å². The van der Waals surface area contributed by atoms with Crippen LogP contribution >= 0.6 is 0 Å². The van der Waals surface area contributed by atoms with Gasteiger partial charge in [-0.3, -0.25) is 4.18 Å². The van der Waals surface area contributed by atoms with Gasteiger partial charge in [-0.1, -0.05) is 58.0 Å². The van der Waals surface area contributed by atoms with Crippen LogP contribution in [0.15, 0.2) is 30.3 Å². The van der Waals surface area contributed by atoms with Crippen LogP contribution in [0.25, 0.3) is 0 Å². The van der Waals surface area contributed by atoms with Gasteiger partial charge >= 0.3 is 0 Å². The van der Waals surface area contributed by atoms with Crippen molar-refractivity contribution in [2.75, 3.05) is 12.9 Å². The average molecular weight is 359 g/mol. The van der Waals surface area contributed by atoms with Crippen molar-refractivity contribution in [3.05, 3.63) is 35.9 Å². The van der Waals surface area contributed by atoms with Gasteiger partial charge in [0.15, 0.2) is 8.32 Å². The van der Waals surface area contributed by atoms with Crippen molar-refractivity contribution < 1.29 is 17.0 Å². The van der Waals surface area contributed by atoms with E-state index in [9.17, 15) is 8.42 Å². The molecule has 1 aromatic carbocycles. The molecule has 1 rings (SSSR count). The molecule has 23 heavy (non-hydrogen) atoms. The Balaban J connectivity index is 2.94. The minimum absolute atomic E-state index is 0.0681. The predicted molar refractivity (Wildman–Crippen MR) is 97.7 cm³/mol. The van der Waals surface area contributed by atoms with Crippen molar-refractivity contribution >= 4 is 18.4 Å². The second-order valence-corrected chi connectivity index (χ2v) is 14.0. The van der Waals surface area contributed by atoms with Crippen LogP contribution in [-0.4, -0.2) is 35.7 Å². The van der Waals surface area contributed by atoms with E-state index in [0.717, 1.165) is 11.8 Å². The van der Waals surface area contributed by atoms with E-state index in [4.69, 9.17) is 8.61 Å². The van der Waals surface area contributed by atoms with Gasteiger partial charge in [-0.2, -0.15) is 8.42 Å². The van der Waals surface area contributed by atoms with Gasteiger partial charge in [0.1, 0.15) is 6.10 Å². The first kappa shape index (κ1) is 20.4. The highest BCUT2D eigenvalue weighted by Crippen LogP contribution is 2.37. The maximum atomic E-state index is 11.6. The Morgan fingerprint density at radius 3 is 2.09 bits per heavy atom. The second kappa shape index (κ2) is 7.47. The van der Waals surface area contributed by atoms with E-state index in [2.05, 4.69) is 33.9 Å². The smallest absolute Gasteiger partial charge is 0.264 e. The molecular formula is C17H30O4SSi. The molecule has 0 aromatic heterocycles. The summed E-state index contributed by atoms with van der Waals surface area (Å²) in [5.41, 5.74) is 1.04. The highest BCUT2D eigenvalue weighted by molar-refractivity contribution is 7.86. The monoisotopic (exact) mass is 358 g/mol. The molecule has 0 bridgehead atoms. The third kappa shape index (κ3) is 6.37. The Morgan fingerprint density at radius 2 is 1.65 bits per heavy atom. The lowest BCUT2D eigenvalue weighted by Gasteiger charge is -2.37. The number of hydrogen-bond acceptors (Lipinski definition) is 4. The molecule has 0 aliphatic carbocycles. The van der Waals surface area contributed by atoms with Crippen LogP contribution in [0.2, 0.25) is 18.1 Å². The van der Waals surface area contributed by atoms with Crippen LogP contribution < -0.4 is 0 Å². The lowest BCUT2D eigenvalue weighted by atomic mass is 9.96. The van der Waals surface area contributed by atoms with E-state index in [1.807, 2.05) is 37.3 Å². The topological polar surface area (TPSA) is 52.6 Å². The van der Waals surface area contributed by atoms with Crippen LogP contribution in [0.5, 0.6) is 0 Å². The largest absolute Gasteiger partial charge is 0.414 e. The molecule has 0 amide bonds. The number of hydrogen-bond donors (Lipinski definition) is 0. The van der Waals surface area contributed by atoms with Gasteiger partial charge < -0.3 is 4.43 Å². The summed E-state index contributed by atoms with van der Waals surface area (Å²) in [6.45, 7) is 13.0. The zero-order chi connectivity index (χ0) is 17.9. The Morgan fingerprint density at radius 1 is 1.13 bits per heavy atom. The Labute approximate surface area is 142 Å². The molecule has 132 valence electrons. The van der Waals surface area contributed by atoms with Crippen LogP contribution in [0, 0.1) is 0 Å². The fourth-order valence-electron chi connectivity index (χ4n) is 1.96. The molecule has 0 heterocycles. The lowest BCUT2D eigenvalue weighted by molar-refractivity contribution is 0.109. The highest BCUT2D eigenvalue weighted by atomic mass is 32.2. The molecule has 1 aromatic rings. The molecule has 0 unspecified atom stereocenters. The molecule has 0 aliphatic heterocycles. The number of benzene rings is 1. The first-order chi connectivity index (χ1) is 10.3. The SMILES string of the molecule is C[C@H](c1ccccc1)[C@@H](CO[Si](C)(C)C(C)(C)C)OS(C)(=O)=O. The average Bonchev–Trinajstić information content (AvgIpc) is 2.41. The van der Waals surface area contributed by atoms with Gasteiger partial charge in [0.05, 0.1) is 12.9 Å². The quantitative estimate of drug-likeness (QED) is 0.542. The molecule has 0 saturated heterocycles. The van der Waals surface area contributed by atoms with Crippen LogP contribution in [0.4, 0.5) is 0 Å². The third-order valence-corrected chi connectivity index (χ3v) is 9.69. The zero-order valence-electron chi connectivity index (χ0n) is 15.3. The zero-order valence-corrected chi connectivity index (χ0v) is 17.1. The number of rotatable bonds is 7. The molecule has 0 spiro atoms. The summed E-state index contributed by atoms with van der Waals surface area (Å²) in [6.07, 6.45) is 0.561. The van der Waals surface area contributed by atoms with Crippen LogP contribution in [-0.2, 0) is 18.7 Å².